The molecule has 0 bridgehead atoms. The van der Waals surface area contributed by atoms with Crippen LogP contribution in [0.15, 0.2) is 24.5 Å². The summed E-state index contributed by atoms with van der Waals surface area (Å²) >= 11 is 0. The lowest BCUT2D eigenvalue weighted by Crippen LogP contribution is -2.40. The summed E-state index contributed by atoms with van der Waals surface area (Å²) in [6, 6.07) is 4.04. The monoisotopic (exact) mass is 369 g/mol. The second kappa shape index (κ2) is 6.42. The van der Waals surface area contributed by atoms with Crippen LogP contribution in [0.25, 0.3) is 0 Å². The van der Waals surface area contributed by atoms with E-state index in [9.17, 15) is 9.59 Å². The molecule has 2 aromatic rings. The van der Waals surface area contributed by atoms with Crippen molar-refractivity contribution in [3.05, 3.63) is 52.6 Å². The molecule has 142 valence electrons. The Morgan fingerprint density at radius 3 is 2.30 bits per heavy atom. The van der Waals surface area contributed by atoms with Gasteiger partial charge in [0.05, 0.1) is 24.6 Å². The molecular formula is C20H23N3O4. The van der Waals surface area contributed by atoms with E-state index >= 15 is 0 Å². The van der Waals surface area contributed by atoms with Crippen molar-refractivity contribution in [2.75, 3.05) is 11.9 Å². The number of anilines is 1. The van der Waals surface area contributed by atoms with Crippen LogP contribution in [0, 0.1) is 6.92 Å². The number of fused-ring (bicyclic) bond motifs is 1. The molecule has 0 unspecified atom stereocenters. The van der Waals surface area contributed by atoms with E-state index in [1.807, 2.05) is 32.9 Å². The number of aromatic nitrogens is 2. The van der Waals surface area contributed by atoms with Crippen molar-refractivity contribution in [2.45, 2.75) is 45.6 Å². The number of hydrogen-bond acceptors (Lipinski definition) is 5. The number of hydrogen-bond donors (Lipinski definition) is 2. The van der Waals surface area contributed by atoms with E-state index in [0.29, 0.717) is 12.3 Å². The summed E-state index contributed by atoms with van der Waals surface area (Å²) < 4.78 is 6.03. The molecule has 0 radical (unpaired) electrons. The highest BCUT2D eigenvalue weighted by Gasteiger charge is 2.38. The van der Waals surface area contributed by atoms with Crippen molar-refractivity contribution in [1.82, 2.24) is 9.97 Å². The van der Waals surface area contributed by atoms with Gasteiger partial charge in [-0.3, -0.25) is 4.79 Å². The van der Waals surface area contributed by atoms with Crippen molar-refractivity contribution in [3.8, 4) is 0 Å². The van der Waals surface area contributed by atoms with Gasteiger partial charge in [-0.25, -0.2) is 14.8 Å². The molecule has 0 saturated heterocycles. The molecule has 1 aromatic carbocycles. The van der Waals surface area contributed by atoms with E-state index in [2.05, 4.69) is 29.1 Å². The summed E-state index contributed by atoms with van der Waals surface area (Å²) in [7, 11) is 0. The number of ether oxygens (including phenoxy) is 1. The highest BCUT2D eigenvalue weighted by molar-refractivity contribution is 6.03. The van der Waals surface area contributed by atoms with Crippen molar-refractivity contribution in [1.29, 1.82) is 0 Å². The number of carbonyl (C=O) groups is 2. The maximum Gasteiger partial charge on any atom is 0.356 e. The van der Waals surface area contributed by atoms with Crippen molar-refractivity contribution in [3.63, 3.8) is 0 Å². The quantitative estimate of drug-likeness (QED) is 0.861. The lowest BCUT2D eigenvalue weighted by atomic mass is 9.75. The third kappa shape index (κ3) is 3.55. The predicted octanol–water partition coefficient (Wildman–Crippen LogP) is 3.28. The third-order valence-corrected chi connectivity index (χ3v) is 4.89. The molecule has 1 amide bonds. The number of rotatable bonds is 3. The molecule has 3 rings (SSSR count). The Morgan fingerprint density at radius 2 is 1.70 bits per heavy atom. The van der Waals surface area contributed by atoms with E-state index in [4.69, 9.17) is 9.84 Å². The Kier molecular flexibility index (Phi) is 4.51. The number of aryl methyl sites for hydroxylation is 1. The van der Waals surface area contributed by atoms with Crippen LogP contribution in [0.5, 0.6) is 0 Å². The summed E-state index contributed by atoms with van der Waals surface area (Å²) in [6.45, 7) is 10.8. The maximum atomic E-state index is 12.5. The molecule has 27 heavy (non-hydrogen) atoms. The van der Waals surface area contributed by atoms with E-state index in [-0.39, 0.29) is 16.8 Å². The lowest BCUT2D eigenvalue weighted by molar-refractivity contribution is -0.0587. The Labute approximate surface area is 157 Å². The topological polar surface area (TPSA) is 101 Å². The zero-order chi connectivity index (χ0) is 20.0. The van der Waals surface area contributed by atoms with Gasteiger partial charge in [0, 0.05) is 11.1 Å². The van der Waals surface area contributed by atoms with E-state index in [0.717, 1.165) is 29.1 Å². The van der Waals surface area contributed by atoms with Gasteiger partial charge in [-0.05, 0) is 43.5 Å². The molecule has 2 N–H and O–H groups in total. The summed E-state index contributed by atoms with van der Waals surface area (Å²) in [5, 5.41) is 11.7. The first-order valence-electron chi connectivity index (χ1n) is 8.67. The van der Waals surface area contributed by atoms with Gasteiger partial charge < -0.3 is 15.2 Å². The van der Waals surface area contributed by atoms with Gasteiger partial charge in [0.2, 0.25) is 0 Å². The van der Waals surface area contributed by atoms with Gasteiger partial charge in [-0.1, -0.05) is 19.9 Å². The minimum atomic E-state index is -1.19. The van der Waals surface area contributed by atoms with E-state index in [1.54, 1.807) is 0 Å². The number of nitrogens with one attached hydrogen (secondary N) is 1. The first-order chi connectivity index (χ1) is 12.5. The fourth-order valence-corrected chi connectivity index (χ4v) is 3.16. The highest BCUT2D eigenvalue weighted by Crippen LogP contribution is 2.43. The van der Waals surface area contributed by atoms with Crippen LogP contribution < -0.4 is 5.32 Å². The zero-order valence-electron chi connectivity index (χ0n) is 16.1. The second-order valence-electron chi connectivity index (χ2n) is 7.94. The Morgan fingerprint density at radius 1 is 1.07 bits per heavy atom. The van der Waals surface area contributed by atoms with Gasteiger partial charge in [-0.15, -0.1) is 0 Å². The summed E-state index contributed by atoms with van der Waals surface area (Å²) in [6.07, 6.45) is 2.23. The van der Waals surface area contributed by atoms with Crippen molar-refractivity contribution in [2.24, 2.45) is 0 Å². The molecule has 1 aromatic heterocycles. The van der Waals surface area contributed by atoms with Crippen LogP contribution in [0.3, 0.4) is 0 Å². The number of carboxylic acids is 1. The van der Waals surface area contributed by atoms with E-state index in [1.165, 1.54) is 0 Å². The highest BCUT2D eigenvalue weighted by atomic mass is 16.5. The summed E-state index contributed by atoms with van der Waals surface area (Å²) in [5.74, 6) is -1.63. The fourth-order valence-electron chi connectivity index (χ4n) is 3.16. The smallest absolute Gasteiger partial charge is 0.356 e. The number of carboxylic acid groups (broad SMARTS) is 1. The molecule has 1 aliphatic heterocycles. The van der Waals surface area contributed by atoms with Gasteiger partial charge in [0.25, 0.3) is 5.91 Å². The fraction of sp³-hybridized carbons (Fsp3) is 0.400. The van der Waals surface area contributed by atoms with Crippen LogP contribution in [0.4, 0.5) is 5.69 Å². The molecule has 0 atom stereocenters. The first-order valence-corrected chi connectivity index (χ1v) is 8.67. The molecule has 7 nitrogen and oxygen atoms in total. The molecule has 1 aliphatic rings. The van der Waals surface area contributed by atoms with Crippen molar-refractivity contribution >= 4 is 17.6 Å². The third-order valence-electron chi connectivity index (χ3n) is 4.89. The minimum Gasteiger partial charge on any atom is -0.476 e. The molecule has 7 heteroatoms. The molecule has 0 saturated carbocycles. The van der Waals surface area contributed by atoms with Crippen LogP contribution in [0.1, 0.15) is 65.4 Å². The van der Waals surface area contributed by atoms with E-state index < -0.39 is 17.5 Å². The maximum absolute atomic E-state index is 12.5. The number of nitrogens with zero attached hydrogens (tertiary/aromatic N) is 2. The van der Waals surface area contributed by atoms with Crippen molar-refractivity contribution < 1.29 is 19.4 Å². The van der Waals surface area contributed by atoms with Crippen LogP contribution in [-0.4, -0.2) is 33.6 Å². The normalized spacial score (nSPS) is 17.1. The SMILES string of the molecule is Cc1cc2c(cc1NC(=O)c1cnc(C(=O)O)cn1)C(C)(C)COC2(C)C. The van der Waals surface area contributed by atoms with Gasteiger partial charge in [0.1, 0.15) is 5.69 Å². The molecule has 0 fully saturated rings. The van der Waals surface area contributed by atoms with Crippen LogP contribution in [-0.2, 0) is 15.8 Å². The zero-order valence-corrected chi connectivity index (χ0v) is 16.1. The van der Waals surface area contributed by atoms with Gasteiger partial charge in [-0.2, -0.15) is 0 Å². The minimum absolute atomic E-state index is 0.0556. The average Bonchev–Trinajstić information content (AvgIpc) is 2.60. The second-order valence-corrected chi connectivity index (χ2v) is 7.94. The number of carbonyl (C=O) groups excluding carboxylic acids is 1. The number of benzene rings is 1. The molecule has 0 aliphatic carbocycles. The largest absolute Gasteiger partial charge is 0.476 e. The van der Waals surface area contributed by atoms with Crippen LogP contribution >= 0.6 is 0 Å². The molecule has 0 spiro atoms. The Balaban J connectivity index is 1.94. The number of aromatic carboxylic acids is 1. The average molecular weight is 369 g/mol. The van der Waals surface area contributed by atoms with Gasteiger partial charge >= 0.3 is 5.97 Å². The predicted molar refractivity (Wildman–Crippen MR) is 100 cm³/mol. The molecule has 2 heterocycles. The number of amides is 1. The van der Waals surface area contributed by atoms with Crippen LogP contribution in [0.2, 0.25) is 0 Å². The first kappa shape index (κ1) is 19.0. The molecular weight excluding hydrogens is 346 g/mol. The Hall–Kier alpha value is -2.80. The summed E-state index contributed by atoms with van der Waals surface area (Å²) in [5.41, 5.74) is 3.12. The lowest BCUT2D eigenvalue weighted by Gasteiger charge is -2.42. The summed E-state index contributed by atoms with van der Waals surface area (Å²) in [4.78, 5) is 31.0. The standard InChI is InChI=1S/C20H23N3O4/c1-11-6-13-12(19(2,3)10-27-20(13,4)5)7-14(11)23-17(24)15-8-22-16(9-21-15)18(25)26/h6-9H,10H2,1-5H3,(H,23,24)(H,25,26). The van der Waals surface area contributed by atoms with Gasteiger partial charge in [0.15, 0.2) is 5.69 Å². The Bertz CT molecular complexity index is 918.